The normalized spacial score (nSPS) is 18.2. The SMILES string of the molecule is CC(C)N1CCc2c(sc3c2C(=O)NC(c2ccc(OC(=O)c4cccs4)cc2)N3)C1. The fraction of sp³-hybridized carbons (Fsp3) is 0.304. The first kappa shape index (κ1) is 20.2. The van der Waals surface area contributed by atoms with Crippen molar-refractivity contribution in [2.45, 2.75) is 39.0 Å². The number of carbonyl (C=O) groups excluding carboxylic acids is 2. The molecule has 0 spiro atoms. The molecule has 1 amide bonds. The average molecular weight is 454 g/mol. The van der Waals surface area contributed by atoms with Gasteiger partial charge in [-0.2, -0.15) is 0 Å². The zero-order chi connectivity index (χ0) is 21.5. The Morgan fingerprint density at radius 1 is 1.19 bits per heavy atom. The van der Waals surface area contributed by atoms with E-state index in [9.17, 15) is 9.59 Å². The number of fused-ring (bicyclic) bond motifs is 3. The summed E-state index contributed by atoms with van der Waals surface area (Å²) in [6.45, 7) is 6.30. The first-order valence-corrected chi connectivity index (χ1v) is 12.0. The smallest absolute Gasteiger partial charge is 0.353 e. The summed E-state index contributed by atoms with van der Waals surface area (Å²) in [7, 11) is 0. The number of anilines is 1. The third-order valence-electron chi connectivity index (χ3n) is 5.74. The van der Waals surface area contributed by atoms with Crippen molar-refractivity contribution in [3.8, 4) is 5.75 Å². The largest absolute Gasteiger partial charge is 0.422 e. The van der Waals surface area contributed by atoms with Crippen LogP contribution in [0.2, 0.25) is 0 Å². The molecule has 0 aliphatic carbocycles. The van der Waals surface area contributed by atoms with Gasteiger partial charge in [-0.05, 0) is 55.0 Å². The summed E-state index contributed by atoms with van der Waals surface area (Å²) in [6.07, 6.45) is 0.590. The van der Waals surface area contributed by atoms with Gasteiger partial charge in [0.2, 0.25) is 0 Å². The molecular weight excluding hydrogens is 430 g/mol. The number of amides is 1. The van der Waals surface area contributed by atoms with E-state index in [4.69, 9.17) is 4.74 Å². The van der Waals surface area contributed by atoms with E-state index in [2.05, 4.69) is 29.4 Å². The van der Waals surface area contributed by atoms with Crippen LogP contribution in [0.1, 0.15) is 56.0 Å². The van der Waals surface area contributed by atoms with Crippen LogP contribution in [0, 0.1) is 0 Å². The second kappa shape index (κ2) is 8.11. The molecule has 8 heteroatoms. The summed E-state index contributed by atoms with van der Waals surface area (Å²) in [5, 5.41) is 9.35. The lowest BCUT2D eigenvalue weighted by molar-refractivity contribution is 0.0739. The Balaban J connectivity index is 1.32. The number of esters is 1. The number of nitrogens with zero attached hydrogens (tertiary/aromatic N) is 1. The van der Waals surface area contributed by atoms with Crippen molar-refractivity contribution < 1.29 is 14.3 Å². The van der Waals surface area contributed by atoms with Crippen LogP contribution in [0.15, 0.2) is 41.8 Å². The highest BCUT2D eigenvalue weighted by Gasteiger charge is 2.33. The minimum absolute atomic E-state index is 0.0255. The zero-order valence-corrected chi connectivity index (χ0v) is 18.9. The van der Waals surface area contributed by atoms with Crippen LogP contribution < -0.4 is 15.4 Å². The Morgan fingerprint density at radius 3 is 2.71 bits per heavy atom. The molecule has 2 aromatic heterocycles. The molecule has 5 rings (SSSR count). The summed E-state index contributed by atoms with van der Waals surface area (Å²) in [5.74, 6) is 0.0869. The van der Waals surface area contributed by atoms with E-state index in [0.717, 1.165) is 35.6 Å². The predicted molar refractivity (Wildman–Crippen MR) is 123 cm³/mol. The molecule has 0 saturated heterocycles. The lowest BCUT2D eigenvalue weighted by atomic mass is 9.99. The lowest BCUT2D eigenvalue weighted by Gasteiger charge is -2.31. The molecule has 0 radical (unpaired) electrons. The lowest BCUT2D eigenvalue weighted by Crippen LogP contribution is -2.39. The molecule has 160 valence electrons. The summed E-state index contributed by atoms with van der Waals surface area (Å²) < 4.78 is 5.42. The molecule has 31 heavy (non-hydrogen) atoms. The Labute approximate surface area is 188 Å². The maximum atomic E-state index is 12.9. The van der Waals surface area contributed by atoms with Crippen LogP contribution in [0.25, 0.3) is 0 Å². The van der Waals surface area contributed by atoms with Gasteiger partial charge in [0.15, 0.2) is 0 Å². The van der Waals surface area contributed by atoms with Gasteiger partial charge in [-0.1, -0.05) is 18.2 Å². The molecule has 2 N–H and O–H groups in total. The highest BCUT2D eigenvalue weighted by Crippen LogP contribution is 2.41. The Bertz CT molecular complexity index is 1120. The molecule has 0 bridgehead atoms. The molecule has 0 fully saturated rings. The zero-order valence-electron chi connectivity index (χ0n) is 17.3. The van der Waals surface area contributed by atoms with E-state index in [0.29, 0.717) is 16.7 Å². The standard InChI is InChI=1S/C23H23N3O3S2/c1-13(2)26-10-9-16-18(12-26)31-22-19(16)21(27)24-20(25-22)14-5-7-15(8-6-14)29-23(28)17-4-3-11-30-17/h3-8,11,13,20,25H,9-10,12H2,1-2H3,(H,24,27). The van der Waals surface area contributed by atoms with Gasteiger partial charge < -0.3 is 15.4 Å². The van der Waals surface area contributed by atoms with E-state index >= 15 is 0 Å². The maximum absolute atomic E-state index is 12.9. The number of rotatable bonds is 4. The summed E-state index contributed by atoms with van der Waals surface area (Å²) >= 11 is 3.04. The minimum atomic E-state index is -0.365. The van der Waals surface area contributed by atoms with Crippen molar-refractivity contribution >= 4 is 39.6 Å². The topological polar surface area (TPSA) is 70.7 Å². The van der Waals surface area contributed by atoms with E-state index in [1.807, 2.05) is 23.6 Å². The molecule has 4 heterocycles. The maximum Gasteiger partial charge on any atom is 0.353 e. The molecule has 1 unspecified atom stereocenters. The average Bonchev–Trinajstić information content (AvgIpc) is 3.41. The van der Waals surface area contributed by atoms with E-state index in [1.54, 1.807) is 29.5 Å². The number of hydrogen-bond donors (Lipinski definition) is 2. The molecule has 2 aliphatic heterocycles. The number of benzene rings is 1. The monoisotopic (exact) mass is 453 g/mol. The third kappa shape index (κ3) is 3.86. The number of hydrogen-bond acceptors (Lipinski definition) is 7. The van der Waals surface area contributed by atoms with Crippen molar-refractivity contribution in [3.05, 3.63) is 68.2 Å². The fourth-order valence-corrected chi connectivity index (χ4v) is 5.92. The minimum Gasteiger partial charge on any atom is -0.422 e. The van der Waals surface area contributed by atoms with E-state index in [1.165, 1.54) is 21.8 Å². The van der Waals surface area contributed by atoms with Crippen molar-refractivity contribution in [1.29, 1.82) is 0 Å². The van der Waals surface area contributed by atoms with E-state index < -0.39 is 0 Å². The molecule has 2 aliphatic rings. The first-order chi connectivity index (χ1) is 15.0. The van der Waals surface area contributed by atoms with Crippen molar-refractivity contribution in [2.75, 3.05) is 11.9 Å². The number of nitrogens with one attached hydrogen (secondary N) is 2. The van der Waals surface area contributed by atoms with Gasteiger partial charge in [0.05, 0.1) is 5.56 Å². The van der Waals surface area contributed by atoms with Gasteiger partial charge in [-0.15, -0.1) is 22.7 Å². The van der Waals surface area contributed by atoms with Gasteiger partial charge in [-0.25, -0.2) is 4.79 Å². The van der Waals surface area contributed by atoms with E-state index in [-0.39, 0.29) is 18.0 Å². The summed E-state index contributed by atoms with van der Waals surface area (Å²) in [4.78, 5) is 29.3. The Hall–Kier alpha value is -2.68. The second-order valence-corrected chi connectivity index (χ2v) is 10.1. The third-order valence-corrected chi connectivity index (χ3v) is 7.74. The Kier molecular flexibility index (Phi) is 5.29. The first-order valence-electron chi connectivity index (χ1n) is 10.3. The fourth-order valence-electron chi connectivity index (χ4n) is 4.02. The summed E-state index contributed by atoms with van der Waals surface area (Å²) in [6, 6.07) is 11.3. The molecule has 1 aromatic carbocycles. The van der Waals surface area contributed by atoms with Crippen molar-refractivity contribution in [3.63, 3.8) is 0 Å². The number of carbonyl (C=O) groups is 2. The van der Waals surface area contributed by atoms with Gasteiger partial charge in [0, 0.05) is 24.0 Å². The highest BCUT2D eigenvalue weighted by molar-refractivity contribution is 7.16. The highest BCUT2D eigenvalue weighted by atomic mass is 32.1. The van der Waals surface area contributed by atoms with Crippen molar-refractivity contribution in [1.82, 2.24) is 10.2 Å². The van der Waals surface area contributed by atoms with Gasteiger partial charge in [-0.3, -0.25) is 9.69 Å². The van der Waals surface area contributed by atoms with Crippen LogP contribution >= 0.6 is 22.7 Å². The Morgan fingerprint density at radius 2 is 2.00 bits per heavy atom. The van der Waals surface area contributed by atoms with Crippen molar-refractivity contribution in [2.24, 2.45) is 0 Å². The summed E-state index contributed by atoms with van der Waals surface area (Å²) in [5.41, 5.74) is 2.91. The van der Waals surface area contributed by atoms with Crippen LogP contribution in [0.5, 0.6) is 5.75 Å². The van der Waals surface area contributed by atoms with Gasteiger partial charge in [0.25, 0.3) is 5.91 Å². The van der Waals surface area contributed by atoms with Crippen LogP contribution in [-0.2, 0) is 13.0 Å². The predicted octanol–water partition coefficient (Wildman–Crippen LogP) is 4.65. The van der Waals surface area contributed by atoms with Crippen LogP contribution in [-0.4, -0.2) is 29.4 Å². The molecule has 1 atom stereocenters. The molecule has 0 saturated carbocycles. The number of ether oxygens (including phenoxy) is 1. The molecule has 6 nitrogen and oxygen atoms in total. The van der Waals surface area contributed by atoms with Crippen LogP contribution in [0.4, 0.5) is 5.00 Å². The van der Waals surface area contributed by atoms with Crippen LogP contribution in [0.3, 0.4) is 0 Å². The number of thiophene rings is 2. The molecular formula is C23H23N3O3S2. The quantitative estimate of drug-likeness (QED) is 0.445. The second-order valence-electron chi connectivity index (χ2n) is 8.01. The van der Waals surface area contributed by atoms with Gasteiger partial charge >= 0.3 is 5.97 Å². The molecule has 3 aromatic rings. The van der Waals surface area contributed by atoms with Gasteiger partial charge in [0.1, 0.15) is 21.8 Å².